The minimum Gasteiger partial charge on any atom is -0.480 e. The third-order valence-electron chi connectivity index (χ3n) is 2.89. The fourth-order valence-corrected chi connectivity index (χ4v) is 2.08. The van der Waals surface area contributed by atoms with Crippen molar-refractivity contribution >= 4 is 5.97 Å². The molecule has 1 rings (SSSR count). The Balaban J connectivity index is 2.49. The summed E-state index contributed by atoms with van der Waals surface area (Å²) in [5, 5.41) is 8.69. The fourth-order valence-electron chi connectivity index (χ4n) is 2.08. The molecule has 82 valence electrons. The highest BCUT2D eigenvalue weighted by Gasteiger charge is 2.27. The number of nitrogens with zero attached hydrogens (tertiary/aromatic N) is 1. The number of aliphatic carboxylic acids is 1. The molecule has 0 aromatic rings. The summed E-state index contributed by atoms with van der Waals surface area (Å²) in [6.07, 6.45) is 1.02. The largest absolute Gasteiger partial charge is 0.480 e. The van der Waals surface area contributed by atoms with E-state index in [4.69, 9.17) is 10.8 Å². The SMILES string of the molecule is CC(C)C1CC(N)CN(CC(=O)O)C1. The summed E-state index contributed by atoms with van der Waals surface area (Å²) in [6.45, 7) is 6.05. The zero-order valence-electron chi connectivity index (χ0n) is 8.94. The normalized spacial score (nSPS) is 29.4. The van der Waals surface area contributed by atoms with Crippen molar-refractivity contribution in [1.82, 2.24) is 4.90 Å². The van der Waals surface area contributed by atoms with Crippen LogP contribution in [-0.4, -0.2) is 41.7 Å². The van der Waals surface area contributed by atoms with E-state index in [0.717, 1.165) is 19.5 Å². The van der Waals surface area contributed by atoms with Crippen LogP contribution in [0.4, 0.5) is 0 Å². The highest BCUT2D eigenvalue weighted by molar-refractivity contribution is 5.69. The first kappa shape index (κ1) is 11.5. The summed E-state index contributed by atoms with van der Waals surface area (Å²) in [4.78, 5) is 12.5. The molecule has 0 aliphatic carbocycles. The lowest BCUT2D eigenvalue weighted by molar-refractivity contribution is -0.138. The maximum atomic E-state index is 10.6. The summed E-state index contributed by atoms with van der Waals surface area (Å²) in [7, 11) is 0. The van der Waals surface area contributed by atoms with Crippen molar-refractivity contribution in [1.29, 1.82) is 0 Å². The van der Waals surface area contributed by atoms with E-state index in [9.17, 15) is 4.79 Å². The van der Waals surface area contributed by atoms with Gasteiger partial charge in [-0.1, -0.05) is 13.8 Å². The second-order valence-corrected chi connectivity index (χ2v) is 4.59. The van der Waals surface area contributed by atoms with Crippen LogP contribution in [0.2, 0.25) is 0 Å². The van der Waals surface area contributed by atoms with Crippen LogP contribution >= 0.6 is 0 Å². The number of piperidine rings is 1. The van der Waals surface area contributed by atoms with Crippen molar-refractivity contribution in [2.45, 2.75) is 26.3 Å². The molecule has 4 nitrogen and oxygen atoms in total. The molecule has 1 saturated heterocycles. The van der Waals surface area contributed by atoms with Crippen molar-refractivity contribution in [3.05, 3.63) is 0 Å². The van der Waals surface area contributed by atoms with Gasteiger partial charge in [-0.15, -0.1) is 0 Å². The minimum absolute atomic E-state index is 0.122. The number of rotatable bonds is 3. The highest BCUT2D eigenvalue weighted by atomic mass is 16.4. The number of hydrogen-bond donors (Lipinski definition) is 2. The number of carboxylic acids is 1. The van der Waals surface area contributed by atoms with Gasteiger partial charge in [-0.25, -0.2) is 0 Å². The average Bonchev–Trinajstić information content (AvgIpc) is 2.01. The maximum Gasteiger partial charge on any atom is 0.317 e. The zero-order valence-corrected chi connectivity index (χ0v) is 8.94. The van der Waals surface area contributed by atoms with E-state index in [0.29, 0.717) is 11.8 Å². The third-order valence-corrected chi connectivity index (χ3v) is 2.89. The van der Waals surface area contributed by atoms with Gasteiger partial charge in [-0.3, -0.25) is 9.69 Å². The van der Waals surface area contributed by atoms with Gasteiger partial charge < -0.3 is 10.8 Å². The van der Waals surface area contributed by atoms with Gasteiger partial charge in [0.05, 0.1) is 6.54 Å². The quantitative estimate of drug-likeness (QED) is 0.691. The average molecular weight is 200 g/mol. The smallest absolute Gasteiger partial charge is 0.317 e. The Morgan fingerprint density at radius 2 is 2.21 bits per heavy atom. The van der Waals surface area contributed by atoms with E-state index in [-0.39, 0.29) is 12.6 Å². The van der Waals surface area contributed by atoms with Gasteiger partial charge in [-0.05, 0) is 18.3 Å². The third kappa shape index (κ3) is 3.27. The van der Waals surface area contributed by atoms with Crippen LogP contribution in [0.5, 0.6) is 0 Å². The van der Waals surface area contributed by atoms with Crippen molar-refractivity contribution < 1.29 is 9.90 Å². The van der Waals surface area contributed by atoms with Crippen molar-refractivity contribution in [2.75, 3.05) is 19.6 Å². The van der Waals surface area contributed by atoms with Crippen LogP contribution in [0.15, 0.2) is 0 Å². The van der Waals surface area contributed by atoms with Crippen LogP contribution in [0.1, 0.15) is 20.3 Å². The fraction of sp³-hybridized carbons (Fsp3) is 0.900. The van der Waals surface area contributed by atoms with Gasteiger partial charge in [0.15, 0.2) is 0 Å². The van der Waals surface area contributed by atoms with Gasteiger partial charge in [0.1, 0.15) is 0 Å². The van der Waals surface area contributed by atoms with E-state index >= 15 is 0 Å². The molecular weight excluding hydrogens is 180 g/mol. The Labute approximate surface area is 85.1 Å². The van der Waals surface area contributed by atoms with E-state index in [2.05, 4.69) is 13.8 Å². The molecular formula is C10H20N2O2. The summed E-state index contributed by atoms with van der Waals surface area (Å²) in [5.41, 5.74) is 5.89. The molecule has 2 atom stereocenters. The molecule has 0 saturated carbocycles. The van der Waals surface area contributed by atoms with E-state index in [1.54, 1.807) is 0 Å². The lowest BCUT2D eigenvalue weighted by atomic mass is 9.86. The molecule has 14 heavy (non-hydrogen) atoms. The van der Waals surface area contributed by atoms with Crippen LogP contribution in [0.25, 0.3) is 0 Å². The molecule has 1 aliphatic heterocycles. The molecule has 0 spiro atoms. The number of likely N-dealkylation sites (tertiary alicyclic amines) is 1. The van der Waals surface area contributed by atoms with Gasteiger partial charge in [0.2, 0.25) is 0 Å². The molecule has 0 radical (unpaired) electrons. The van der Waals surface area contributed by atoms with Crippen molar-refractivity contribution in [3.63, 3.8) is 0 Å². The Morgan fingerprint density at radius 1 is 1.57 bits per heavy atom. The molecule has 1 aliphatic rings. The predicted molar refractivity (Wildman–Crippen MR) is 55.0 cm³/mol. The topological polar surface area (TPSA) is 66.6 Å². The molecule has 2 unspecified atom stereocenters. The summed E-state index contributed by atoms with van der Waals surface area (Å²) < 4.78 is 0. The van der Waals surface area contributed by atoms with E-state index in [1.165, 1.54) is 0 Å². The predicted octanol–water partition coefficient (Wildman–Crippen LogP) is 0.376. The van der Waals surface area contributed by atoms with Crippen LogP contribution < -0.4 is 5.73 Å². The molecule has 0 amide bonds. The van der Waals surface area contributed by atoms with Crippen molar-refractivity contribution in [3.8, 4) is 0 Å². The Bertz CT molecular complexity index is 206. The Kier molecular flexibility index (Phi) is 3.89. The number of nitrogens with two attached hydrogens (primary N) is 1. The van der Waals surface area contributed by atoms with E-state index < -0.39 is 5.97 Å². The number of carboxylic acid groups (broad SMARTS) is 1. The highest BCUT2D eigenvalue weighted by Crippen LogP contribution is 2.22. The molecule has 3 N–H and O–H groups in total. The second kappa shape index (κ2) is 4.75. The van der Waals surface area contributed by atoms with Gasteiger partial charge in [-0.2, -0.15) is 0 Å². The summed E-state index contributed by atoms with van der Waals surface area (Å²) >= 11 is 0. The first-order valence-corrected chi connectivity index (χ1v) is 5.18. The van der Waals surface area contributed by atoms with E-state index in [1.807, 2.05) is 4.90 Å². The lowest BCUT2D eigenvalue weighted by Crippen LogP contribution is -2.49. The lowest BCUT2D eigenvalue weighted by Gasteiger charge is -2.37. The van der Waals surface area contributed by atoms with Gasteiger partial charge in [0.25, 0.3) is 0 Å². The first-order chi connectivity index (χ1) is 6.49. The molecule has 0 aromatic heterocycles. The molecule has 4 heteroatoms. The summed E-state index contributed by atoms with van der Waals surface area (Å²) in [6, 6.07) is 0.135. The zero-order chi connectivity index (χ0) is 10.7. The Morgan fingerprint density at radius 3 is 2.71 bits per heavy atom. The standard InChI is InChI=1S/C10H20N2O2/c1-7(2)8-3-9(11)5-12(4-8)6-10(13)14/h7-9H,3-6,11H2,1-2H3,(H,13,14). The van der Waals surface area contributed by atoms with Crippen molar-refractivity contribution in [2.24, 2.45) is 17.6 Å². The minimum atomic E-state index is -0.762. The van der Waals surface area contributed by atoms with Crippen LogP contribution in [0, 0.1) is 11.8 Å². The molecule has 0 aromatic carbocycles. The van der Waals surface area contributed by atoms with Crippen LogP contribution in [-0.2, 0) is 4.79 Å². The first-order valence-electron chi connectivity index (χ1n) is 5.18. The Hall–Kier alpha value is -0.610. The summed E-state index contributed by atoms with van der Waals surface area (Å²) in [5.74, 6) is 0.359. The monoisotopic (exact) mass is 200 g/mol. The molecule has 1 heterocycles. The van der Waals surface area contributed by atoms with Crippen LogP contribution in [0.3, 0.4) is 0 Å². The molecule has 0 bridgehead atoms. The second-order valence-electron chi connectivity index (χ2n) is 4.59. The number of carbonyl (C=O) groups is 1. The molecule has 1 fully saturated rings. The van der Waals surface area contributed by atoms with Gasteiger partial charge in [0, 0.05) is 19.1 Å². The maximum absolute atomic E-state index is 10.6. The number of hydrogen-bond acceptors (Lipinski definition) is 3. The van der Waals surface area contributed by atoms with Gasteiger partial charge >= 0.3 is 5.97 Å².